The fourth-order valence-electron chi connectivity index (χ4n) is 5.69. The maximum Gasteiger partial charge on any atom is 0.119 e. The summed E-state index contributed by atoms with van der Waals surface area (Å²) in [4.78, 5) is 0. The Morgan fingerprint density at radius 1 is 0.683 bits per heavy atom. The molecule has 0 bridgehead atoms. The van der Waals surface area contributed by atoms with Gasteiger partial charge >= 0.3 is 0 Å². The van der Waals surface area contributed by atoms with Crippen LogP contribution >= 0.6 is 0 Å². The molecule has 0 aromatic heterocycles. The summed E-state index contributed by atoms with van der Waals surface area (Å²) >= 11 is 0. The average Bonchev–Trinajstić information content (AvgIpc) is 3.04. The number of rotatable bonds is 16. The first kappa shape index (κ1) is 30.1. The first-order chi connectivity index (χ1) is 20.2. The third-order valence-electron chi connectivity index (χ3n) is 8.04. The van der Waals surface area contributed by atoms with Gasteiger partial charge in [-0.2, -0.15) is 5.26 Å². The van der Waals surface area contributed by atoms with Crippen LogP contribution in [0.4, 0.5) is 0 Å². The van der Waals surface area contributed by atoms with Crippen molar-refractivity contribution in [2.24, 2.45) is 5.92 Å². The van der Waals surface area contributed by atoms with Crippen molar-refractivity contribution < 1.29 is 9.47 Å². The minimum Gasteiger partial charge on any atom is -0.491 e. The summed E-state index contributed by atoms with van der Waals surface area (Å²) in [6.45, 7) is 6.58. The summed E-state index contributed by atoms with van der Waals surface area (Å²) in [5.41, 5.74) is 5.76. The quantitative estimate of drug-likeness (QED) is 0.132. The van der Waals surface area contributed by atoms with Gasteiger partial charge < -0.3 is 9.47 Å². The Labute approximate surface area is 246 Å². The number of ether oxygens (including phenoxy) is 2. The molecule has 4 aromatic rings. The molecule has 0 saturated carbocycles. The Morgan fingerprint density at radius 3 is 1.90 bits per heavy atom. The van der Waals surface area contributed by atoms with Crippen molar-refractivity contribution in [3.05, 3.63) is 126 Å². The monoisotopic (exact) mass is 545 g/mol. The van der Waals surface area contributed by atoms with E-state index in [1.807, 2.05) is 48.5 Å². The summed E-state index contributed by atoms with van der Waals surface area (Å²) in [7, 11) is 0. The number of nitriles is 1. The largest absolute Gasteiger partial charge is 0.491 e. The van der Waals surface area contributed by atoms with Crippen LogP contribution in [-0.4, -0.2) is 19.8 Å². The minimum atomic E-state index is 0.538. The summed E-state index contributed by atoms with van der Waals surface area (Å²) in [6, 6.07) is 39.8. The number of nitrogens with zero attached hydrogens (tertiary/aromatic N) is 1. The van der Waals surface area contributed by atoms with E-state index in [2.05, 4.69) is 80.6 Å². The van der Waals surface area contributed by atoms with Crippen molar-refractivity contribution in [1.29, 1.82) is 5.26 Å². The standard InChI is InChI=1S/C38H43NO2/c1-3-33(35-14-8-5-9-15-35)28-32(27-30(2)34-12-6-4-7-13-34)11-10-24-40-25-26-41-38-22-20-37(21-23-38)36-18-16-31(29-39)17-19-36/h4-9,12-23,30,32-33H,3,10-11,24-28H2,1-2H3. The molecule has 0 aliphatic carbocycles. The van der Waals surface area contributed by atoms with Crippen molar-refractivity contribution >= 4 is 0 Å². The summed E-state index contributed by atoms with van der Waals surface area (Å²) in [5.74, 6) is 2.64. The first-order valence-corrected chi connectivity index (χ1v) is 15.1. The lowest BCUT2D eigenvalue weighted by Crippen LogP contribution is -2.13. The molecule has 0 N–H and O–H groups in total. The topological polar surface area (TPSA) is 42.2 Å². The predicted octanol–water partition coefficient (Wildman–Crippen LogP) is 9.79. The van der Waals surface area contributed by atoms with Crippen molar-refractivity contribution in [2.75, 3.05) is 19.8 Å². The number of hydrogen-bond donors (Lipinski definition) is 0. The molecule has 3 atom stereocenters. The van der Waals surface area contributed by atoms with Crippen molar-refractivity contribution in [2.45, 2.75) is 57.8 Å². The summed E-state index contributed by atoms with van der Waals surface area (Å²) < 4.78 is 11.9. The smallest absolute Gasteiger partial charge is 0.119 e. The zero-order valence-corrected chi connectivity index (χ0v) is 24.5. The molecule has 0 radical (unpaired) electrons. The maximum absolute atomic E-state index is 8.98. The van der Waals surface area contributed by atoms with E-state index in [4.69, 9.17) is 14.7 Å². The third-order valence-corrected chi connectivity index (χ3v) is 8.04. The van der Waals surface area contributed by atoms with Gasteiger partial charge in [0.2, 0.25) is 0 Å². The van der Waals surface area contributed by atoms with Gasteiger partial charge in [-0.1, -0.05) is 98.8 Å². The molecule has 3 unspecified atom stereocenters. The normalized spacial score (nSPS) is 13.2. The van der Waals surface area contributed by atoms with Gasteiger partial charge in [0.05, 0.1) is 18.2 Å². The van der Waals surface area contributed by atoms with Gasteiger partial charge in [0, 0.05) is 6.61 Å². The van der Waals surface area contributed by atoms with Crippen LogP contribution in [0.3, 0.4) is 0 Å². The van der Waals surface area contributed by atoms with Crippen molar-refractivity contribution in [1.82, 2.24) is 0 Å². The fraction of sp³-hybridized carbons (Fsp3) is 0.342. The van der Waals surface area contributed by atoms with E-state index in [-0.39, 0.29) is 0 Å². The zero-order valence-electron chi connectivity index (χ0n) is 24.5. The maximum atomic E-state index is 8.98. The van der Waals surface area contributed by atoms with Crippen molar-refractivity contribution in [3.8, 4) is 22.9 Å². The lowest BCUT2D eigenvalue weighted by molar-refractivity contribution is 0.0940. The molecular formula is C38H43NO2. The lowest BCUT2D eigenvalue weighted by Gasteiger charge is -2.26. The Balaban J connectivity index is 1.21. The van der Waals surface area contributed by atoms with Gasteiger partial charge in [-0.3, -0.25) is 0 Å². The van der Waals surface area contributed by atoms with Crippen LogP contribution in [0.5, 0.6) is 5.75 Å². The Hall–Kier alpha value is -3.87. The number of hydrogen-bond acceptors (Lipinski definition) is 3. The van der Waals surface area contributed by atoms with Crippen LogP contribution in [0, 0.1) is 17.2 Å². The zero-order chi connectivity index (χ0) is 28.7. The molecule has 3 heteroatoms. The highest BCUT2D eigenvalue weighted by Crippen LogP contribution is 2.35. The van der Waals surface area contributed by atoms with E-state index in [1.54, 1.807) is 0 Å². The predicted molar refractivity (Wildman–Crippen MR) is 169 cm³/mol. The van der Waals surface area contributed by atoms with E-state index in [9.17, 15) is 0 Å². The second-order valence-corrected chi connectivity index (χ2v) is 11.0. The molecule has 4 rings (SSSR count). The average molecular weight is 546 g/mol. The lowest BCUT2D eigenvalue weighted by atomic mass is 9.79. The number of benzene rings is 4. The van der Waals surface area contributed by atoms with E-state index >= 15 is 0 Å². The SMILES string of the molecule is CCC(CC(CCCOCCOc1ccc(-c2ccc(C#N)cc2)cc1)CC(C)c1ccccc1)c1ccccc1. The molecule has 0 heterocycles. The van der Waals surface area contributed by atoms with Gasteiger partial charge in [0.1, 0.15) is 12.4 Å². The molecule has 0 aliphatic rings. The fourth-order valence-corrected chi connectivity index (χ4v) is 5.69. The Morgan fingerprint density at radius 2 is 1.29 bits per heavy atom. The Bertz CT molecular complexity index is 1310. The van der Waals surface area contributed by atoms with Gasteiger partial charge in [0.15, 0.2) is 0 Å². The molecule has 3 nitrogen and oxygen atoms in total. The van der Waals surface area contributed by atoms with Gasteiger partial charge in [-0.25, -0.2) is 0 Å². The third kappa shape index (κ3) is 9.62. The molecule has 0 spiro atoms. The van der Waals surface area contributed by atoms with Crippen LogP contribution in [0.2, 0.25) is 0 Å². The molecular weight excluding hydrogens is 502 g/mol. The van der Waals surface area contributed by atoms with Crippen molar-refractivity contribution in [3.63, 3.8) is 0 Å². The van der Waals surface area contributed by atoms with E-state index in [0.29, 0.717) is 36.5 Å². The van der Waals surface area contributed by atoms with Crippen LogP contribution in [-0.2, 0) is 4.74 Å². The molecule has 0 aliphatic heterocycles. The van der Waals surface area contributed by atoms with Crippen LogP contribution in [0.1, 0.15) is 74.5 Å². The molecule has 0 amide bonds. The first-order valence-electron chi connectivity index (χ1n) is 15.1. The summed E-state index contributed by atoms with van der Waals surface area (Å²) in [5, 5.41) is 8.98. The van der Waals surface area contributed by atoms with Gasteiger partial charge in [-0.05, 0) is 96.4 Å². The molecule has 0 saturated heterocycles. The van der Waals surface area contributed by atoms with Crippen LogP contribution in [0.15, 0.2) is 109 Å². The second-order valence-electron chi connectivity index (χ2n) is 11.0. The second kappa shape index (κ2) is 16.4. The molecule has 0 fully saturated rings. The van der Waals surface area contributed by atoms with E-state index < -0.39 is 0 Å². The molecule has 212 valence electrons. The summed E-state index contributed by atoms with van der Waals surface area (Å²) in [6.07, 6.45) is 5.84. The Kier molecular flexibility index (Phi) is 12.0. The van der Waals surface area contributed by atoms with E-state index in [1.165, 1.54) is 36.8 Å². The van der Waals surface area contributed by atoms with Gasteiger partial charge in [-0.15, -0.1) is 0 Å². The van der Waals surface area contributed by atoms with Gasteiger partial charge in [0.25, 0.3) is 0 Å². The molecule has 4 aromatic carbocycles. The van der Waals surface area contributed by atoms with E-state index in [0.717, 1.165) is 29.9 Å². The minimum absolute atomic E-state index is 0.538. The van der Waals surface area contributed by atoms with Crippen LogP contribution < -0.4 is 4.74 Å². The van der Waals surface area contributed by atoms with Crippen LogP contribution in [0.25, 0.3) is 11.1 Å². The highest BCUT2D eigenvalue weighted by atomic mass is 16.5. The molecule has 41 heavy (non-hydrogen) atoms. The highest BCUT2D eigenvalue weighted by Gasteiger charge is 2.20. The highest BCUT2D eigenvalue weighted by molar-refractivity contribution is 5.64.